The third-order valence-electron chi connectivity index (χ3n) is 3.87. The summed E-state index contributed by atoms with van der Waals surface area (Å²) in [5.74, 6) is 0. The molecule has 1 aromatic rings. The van der Waals surface area contributed by atoms with Gasteiger partial charge >= 0.3 is 0 Å². The summed E-state index contributed by atoms with van der Waals surface area (Å²) in [4.78, 5) is 3.07. The van der Waals surface area contributed by atoms with Crippen LogP contribution in [0.25, 0.3) is 6.08 Å². The fourth-order valence-corrected chi connectivity index (χ4v) is 4.43. The Kier molecular flexibility index (Phi) is 3.11. The smallest absolute Gasteiger partial charge is 0.204 e. The number of nitrogen functional groups attached to an aromatic ring is 1. The van der Waals surface area contributed by atoms with E-state index in [1.165, 1.54) is 6.42 Å². The van der Waals surface area contributed by atoms with Crippen LogP contribution < -0.4 is 5.73 Å². The van der Waals surface area contributed by atoms with Crippen LogP contribution in [0.1, 0.15) is 24.8 Å². The number of piperidine rings is 1. The van der Waals surface area contributed by atoms with Gasteiger partial charge in [-0.1, -0.05) is 12.5 Å². The van der Waals surface area contributed by atoms with Gasteiger partial charge in [-0.25, -0.2) is 8.42 Å². The molecule has 2 aliphatic heterocycles. The highest BCUT2D eigenvalue weighted by atomic mass is 32.2. The van der Waals surface area contributed by atoms with Crippen LogP contribution in [0.2, 0.25) is 0 Å². The maximum absolute atomic E-state index is 12.5. The second kappa shape index (κ2) is 4.65. The lowest BCUT2D eigenvalue weighted by atomic mass is 10.1. The standard InChI is InChI=1S/C14H18N2O2S/c15-13-5-4-6-14-12(13)9-11(19(14,17)18)10-16-7-2-1-3-8-16/h4-6,9H,1-3,7-8,10,15H2. The summed E-state index contributed by atoms with van der Waals surface area (Å²) in [7, 11) is -3.33. The largest absolute Gasteiger partial charge is 0.398 e. The van der Waals surface area contributed by atoms with E-state index in [9.17, 15) is 8.42 Å². The molecule has 0 spiro atoms. The highest BCUT2D eigenvalue weighted by Gasteiger charge is 2.31. The Morgan fingerprint density at radius 2 is 1.89 bits per heavy atom. The molecule has 0 amide bonds. The van der Waals surface area contributed by atoms with Gasteiger partial charge in [-0.15, -0.1) is 0 Å². The van der Waals surface area contributed by atoms with Crippen molar-refractivity contribution in [2.45, 2.75) is 24.2 Å². The summed E-state index contributed by atoms with van der Waals surface area (Å²) < 4.78 is 24.9. The van der Waals surface area contributed by atoms with E-state index in [2.05, 4.69) is 4.90 Å². The van der Waals surface area contributed by atoms with E-state index < -0.39 is 9.84 Å². The van der Waals surface area contributed by atoms with Crippen LogP contribution in [0.5, 0.6) is 0 Å². The van der Waals surface area contributed by atoms with E-state index in [4.69, 9.17) is 5.73 Å². The molecule has 0 aliphatic carbocycles. The van der Waals surface area contributed by atoms with Crippen LogP contribution in [0.15, 0.2) is 28.0 Å². The minimum Gasteiger partial charge on any atom is -0.398 e. The van der Waals surface area contributed by atoms with Crippen molar-refractivity contribution < 1.29 is 8.42 Å². The minimum atomic E-state index is -3.33. The zero-order chi connectivity index (χ0) is 13.5. The molecule has 1 fully saturated rings. The molecule has 19 heavy (non-hydrogen) atoms. The second-order valence-electron chi connectivity index (χ2n) is 5.21. The van der Waals surface area contributed by atoms with Gasteiger partial charge in [0.15, 0.2) is 0 Å². The number of anilines is 1. The predicted octanol–water partition coefficient (Wildman–Crippen LogP) is 1.88. The van der Waals surface area contributed by atoms with Crippen LogP contribution in [0, 0.1) is 0 Å². The van der Waals surface area contributed by atoms with Crippen molar-refractivity contribution >= 4 is 21.6 Å². The van der Waals surface area contributed by atoms with E-state index in [-0.39, 0.29) is 0 Å². The molecule has 0 unspecified atom stereocenters. The summed E-state index contributed by atoms with van der Waals surface area (Å²) in [6, 6.07) is 5.08. The van der Waals surface area contributed by atoms with E-state index in [0.29, 0.717) is 27.6 Å². The number of rotatable bonds is 2. The lowest BCUT2D eigenvalue weighted by Crippen LogP contribution is -2.32. The quantitative estimate of drug-likeness (QED) is 0.839. The maximum atomic E-state index is 12.5. The molecule has 0 bridgehead atoms. The number of nitrogens with zero attached hydrogens (tertiary/aromatic N) is 1. The Balaban J connectivity index is 1.92. The molecule has 0 atom stereocenters. The van der Waals surface area contributed by atoms with E-state index >= 15 is 0 Å². The highest BCUT2D eigenvalue weighted by molar-refractivity contribution is 7.95. The first-order chi connectivity index (χ1) is 9.09. The molecule has 3 rings (SSSR count). The molecule has 4 nitrogen and oxygen atoms in total. The van der Waals surface area contributed by atoms with Crippen molar-refractivity contribution in [2.24, 2.45) is 0 Å². The SMILES string of the molecule is Nc1cccc2c1C=C(CN1CCCCC1)S2(=O)=O. The number of sulfone groups is 1. The van der Waals surface area contributed by atoms with Gasteiger partial charge in [0.05, 0.1) is 9.80 Å². The Morgan fingerprint density at radius 3 is 2.58 bits per heavy atom. The van der Waals surface area contributed by atoms with Crippen molar-refractivity contribution in [1.82, 2.24) is 4.90 Å². The molecule has 0 saturated carbocycles. The van der Waals surface area contributed by atoms with Crippen molar-refractivity contribution in [3.05, 3.63) is 28.7 Å². The van der Waals surface area contributed by atoms with E-state index in [0.717, 1.165) is 25.9 Å². The minimum absolute atomic E-state index is 0.361. The maximum Gasteiger partial charge on any atom is 0.204 e. The van der Waals surface area contributed by atoms with Crippen LogP contribution in [-0.2, 0) is 9.84 Å². The molecular formula is C14H18N2O2S. The zero-order valence-electron chi connectivity index (χ0n) is 10.8. The average molecular weight is 278 g/mol. The molecule has 0 aromatic heterocycles. The molecule has 0 radical (unpaired) electrons. The molecule has 5 heteroatoms. The number of hydrogen-bond donors (Lipinski definition) is 1. The highest BCUT2D eigenvalue weighted by Crippen LogP contribution is 2.36. The Labute approximate surface area is 113 Å². The van der Waals surface area contributed by atoms with Gasteiger partial charge in [0.25, 0.3) is 0 Å². The number of hydrogen-bond acceptors (Lipinski definition) is 4. The Morgan fingerprint density at radius 1 is 1.16 bits per heavy atom. The number of likely N-dealkylation sites (tertiary alicyclic amines) is 1. The molecule has 1 saturated heterocycles. The van der Waals surface area contributed by atoms with Crippen molar-refractivity contribution in [3.8, 4) is 0 Å². The van der Waals surface area contributed by atoms with Crippen molar-refractivity contribution in [2.75, 3.05) is 25.4 Å². The second-order valence-corrected chi connectivity index (χ2v) is 7.18. The first-order valence-electron chi connectivity index (χ1n) is 6.65. The Hall–Kier alpha value is -1.33. The number of benzene rings is 1. The van der Waals surface area contributed by atoms with Gasteiger partial charge in [0.1, 0.15) is 0 Å². The predicted molar refractivity (Wildman–Crippen MR) is 76.3 cm³/mol. The molecular weight excluding hydrogens is 260 g/mol. The van der Waals surface area contributed by atoms with E-state index in [1.807, 2.05) is 0 Å². The lowest BCUT2D eigenvalue weighted by Gasteiger charge is -2.26. The first-order valence-corrected chi connectivity index (χ1v) is 8.14. The number of nitrogens with two attached hydrogens (primary N) is 1. The molecule has 2 heterocycles. The lowest BCUT2D eigenvalue weighted by molar-refractivity contribution is 0.250. The fraction of sp³-hybridized carbons (Fsp3) is 0.429. The summed E-state index contributed by atoms with van der Waals surface area (Å²) in [5.41, 5.74) is 7.06. The topological polar surface area (TPSA) is 63.4 Å². The van der Waals surface area contributed by atoms with Gasteiger partial charge in [-0.05, 0) is 44.1 Å². The molecule has 102 valence electrons. The fourth-order valence-electron chi connectivity index (χ4n) is 2.80. The molecule has 2 aliphatic rings. The van der Waals surface area contributed by atoms with Crippen LogP contribution in [0.3, 0.4) is 0 Å². The van der Waals surface area contributed by atoms with Gasteiger partial charge < -0.3 is 5.73 Å². The van der Waals surface area contributed by atoms with Crippen molar-refractivity contribution in [1.29, 1.82) is 0 Å². The summed E-state index contributed by atoms with van der Waals surface area (Å²) in [6.45, 7) is 2.48. The van der Waals surface area contributed by atoms with Crippen LogP contribution in [0.4, 0.5) is 5.69 Å². The zero-order valence-corrected chi connectivity index (χ0v) is 11.6. The normalized spacial score (nSPS) is 22.0. The Bertz CT molecular complexity index is 629. The van der Waals surface area contributed by atoms with Gasteiger partial charge in [-0.3, -0.25) is 4.90 Å². The van der Waals surface area contributed by atoms with Crippen LogP contribution >= 0.6 is 0 Å². The van der Waals surface area contributed by atoms with Crippen molar-refractivity contribution in [3.63, 3.8) is 0 Å². The third-order valence-corrected chi connectivity index (χ3v) is 5.74. The van der Waals surface area contributed by atoms with Gasteiger partial charge in [-0.2, -0.15) is 0 Å². The van der Waals surface area contributed by atoms with Crippen LogP contribution in [-0.4, -0.2) is 33.0 Å². The molecule has 2 N–H and O–H groups in total. The summed E-state index contributed by atoms with van der Waals surface area (Å²) in [6.07, 6.45) is 5.30. The molecule has 1 aromatic carbocycles. The van der Waals surface area contributed by atoms with Gasteiger partial charge in [0, 0.05) is 17.8 Å². The summed E-state index contributed by atoms with van der Waals surface area (Å²) >= 11 is 0. The summed E-state index contributed by atoms with van der Waals surface area (Å²) in [5, 5.41) is 0. The number of fused-ring (bicyclic) bond motifs is 1. The monoisotopic (exact) mass is 278 g/mol. The average Bonchev–Trinajstić information content (AvgIpc) is 2.65. The third kappa shape index (κ3) is 2.17. The van der Waals surface area contributed by atoms with E-state index in [1.54, 1.807) is 24.3 Å². The first kappa shape index (κ1) is 12.7. The van der Waals surface area contributed by atoms with Gasteiger partial charge in [0.2, 0.25) is 9.84 Å².